The monoisotopic (exact) mass is 301 g/mol. The Bertz CT molecular complexity index is 265. The SMILES string of the molecule is CC(N)CNC(C)CNC(C)CNC(C)C(C)(C)N(C)C. The molecule has 0 rings (SSSR count). The standard InChI is InChI=1S/C16H39N5/c1-12(17)9-18-13(2)10-19-14(3)11-20-15(4)16(5,6)21(7)8/h12-15,18-20H,9-11,17H2,1-8H3. The molecule has 0 saturated carbocycles. The summed E-state index contributed by atoms with van der Waals surface area (Å²) in [6.07, 6.45) is 0. The Kier molecular flexibility index (Phi) is 9.65. The van der Waals surface area contributed by atoms with Crippen LogP contribution in [0.2, 0.25) is 0 Å². The molecule has 0 aromatic heterocycles. The Morgan fingerprint density at radius 2 is 1.29 bits per heavy atom. The van der Waals surface area contributed by atoms with Gasteiger partial charge in [-0.25, -0.2) is 0 Å². The smallest absolute Gasteiger partial charge is 0.0297 e. The van der Waals surface area contributed by atoms with Crippen LogP contribution in [0.3, 0.4) is 0 Å². The molecule has 0 aliphatic carbocycles. The molecule has 0 aromatic rings. The molecule has 5 heteroatoms. The third-order valence-electron chi connectivity index (χ3n) is 4.50. The molecule has 0 radical (unpaired) electrons. The van der Waals surface area contributed by atoms with E-state index in [1.165, 1.54) is 0 Å². The van der Waals surface area contributed by atoms with Crippen LogP contribution >= 0.6 is 0 Å². The lowest BCUT2D eigenvalue weighted by molar-refractivity contribution is 0.144. The molecule has 5 N–H and O–H groups in total. The van der Waals surface area contributed by atoms with E-state index in [9.17, 15) is 0 Å². The van der Waals surface area contributed by atoms with Crippen molar-refractivity contribution in [2.75, 3.05) is 33.7 Å². The predicted molar refractivity (Wildman–Crippen MR) is 93.8 cm³/mol. The van der Waals surface area contributed by atoms with Gasteiger partial charge in [0.2, 0.25) is 0 Å². The molecule has 0 bridgehead atoms. The zero-order chi connectivity index (χ0) is 16.6. The lowest BCUT2D eigenvalue weighted by Gasteiger charge is -2.39. The molecule has 4 atom stereocenters. The molecule has 0 aliphatic rings. The second-order valence-electron chi connectivity index (χ2n) is 7.27. The minimum atomic E-state index is 0.145. The summed E-state index contributed by atoms with van der Waals surface area (Å²) >= 11 is 0. The first-order valence-electron chi connectivity index (χ1n) is 8.20. The van der Waals surface area contributed by atoms with Gasteiger partial charge in [-0.1, -0.05) is 0 Å². The number of rotatable bonds is 11. The van der Waals surface area contributed by atoms with Crippen LogP contribution in [-0.4, -0.2) is 68.3 Å². The highest BCUT2D eigenvalue weighted by Gasteiger charge is 2.27. The molecular weight excluding hydrogens is 262 g/mol. The van der Waals surface area contributed by atoms with Crippen LogP contribution in [0.1, 0.15) is 41.5 Å². The minimum absolute atomic E-state index is 0.145. The Morgan fingerprint density at radius 3 is 1.71 bits per heavy atom. The van der Waals surface area contributed by atoms with Crippen LogP contribution in [0.4, 0.5) is 0 Å². The number of hydrogen-bond donors (Lipinski definition) is 4. The lowest BCUT2D eigenvalue weighted by atomic mass is 9.94. The van der Waals surface area contributed by atoms with E-state index in [1.54, 1.807) is 0 Å². The van der Waals surface area contributed by atoms with E-state index in [-0.39, 0.29) is 11.6 Å². The molecule has 0 aromatic carbocycles. The van der Waals surface area contributed by atoms with Crippen molar-refractivity contribution in [2.45, 2.75) is 71.2 Å². The van der Waals surface area contributed by atoms with Gasteiger partial charge < -0.3 is 26.6 Å². The van der Waals surface area contributed by atoms with Crippen molar-refractivity contribution in [1.29, 1.82) is 0 Å². The summed E-state index contributed by atoms with van der Waals surface area (Å²) in [5, 5.41) is 10.6. The summed E-state index contributed by atoms with van der Waals surface area (Å²) in [4.78, 5) is 2.27. The fourth-order valence-corrected chi connectivity index (χ4v) is 1.90. The number of likely N-dealkylation sites (N-methyl/N-ethyl adjacent to an activating group) is 1. The Hall–Kier alpha value is -0.200. The van der Waals surface area contributed by atoms with Crippen LogP contribution in [-0.2, 0) is 0 Å². The van der Waals surface area contributed by atoms with E-state index in [1.807, 2.05) is 6.92 Å². The van der Waals surface area contributed by atoms with Gasteiger partial charge in [-0.2, -0.15) is 0 Å². The van der Waals surface area contributed by atoms with Gasteiger partial charge in [0, 0.05) is 49.3 Å². The summed E-state index contributed by atoms with van der Waals surface area (Å²) in [7, 11) is 4.26. The van der Waals surface area contributed by atoms with Crippen molar-refractivity contribution in [3.05, 3.63) is 0 Å². The molecule has 5 nitrogen and oxygen atoms in total. The second-order valence-corrected chi connectivity index (χ2v) is 7.27. The van der Waals surface area contributed by atoms with Gasteiger partial charge in [0.1, 0.15) is 0 Å². The molecular formula is C16H39N5. The van der Waals surface area contributed by atoms with E-state index in [2.05, 4.69) is 69.6 Å². The second kappa shape index (κ2) is 9.74. The van der Waals surface area contributed by atoms with E-state index in [4.69, 9.17) is 5.73 Å². The predicted octanol–water partition coefficient (Wildman–Crippen LogP) is 0.608. The van der Waals surface area contributed by atoms with Crippen molar-refractivity contribution < 1.29 is 0 Å². The summed E-state index contributed by atoms with van der Waals surface area (Å²) in [6, 6.07) is 1.53. The Balaban J connectivity index is 3.92. The zero-order valence-electron chi connectivity index (χ0n) is 15.5. The molecule has 0 spiro atoms. The van der Waals surface area contributed by atoms with E-state index >= 15 is 0 Å². The van der Waals surface area contributed by atoms with E-state index < -0.39 is 0 Å². The Morgan fingerprint density at radius 1 is 0.857 bits per heavy atom. The molecule has 21 heavy (non-hydrogen) atoms. The number of nitrogens with two attached hydrogens (primary N) is 1. The molecule has 0 amide bonds. The minimum Gasteiger partial charge on any atom is -0.327 e. The maximum absolute atomic E-state index is 5.75. The average molecular weight is 302 g/mol. The van der Waals surface area contributed by atoms with E-state index in [0.717, 1.165) is 19.6 Å². The highest BCUT2D eigenvalue weighted by molar-refractivity contribution is 4.89. The third kappa shape index (κ3) is 8.73. The summed E-state index contributed by atoms with van der Waals surface area (Å²) in [5.74, 6) is 0. The van der Waals surface area contributed by atoms with Gasteiger partial charge in [-0.3, -0.25) is 0 Å². The van der Waals surface area contributed by atoms with Crippen molar-refractivity contribution in [2.24, 2.45) is 5.73 Å². The summed E-state index contributed by atoms with van der Waals surface area (Å²) in [5.41, 5.74) is 5.89. The molecule has 0 saturated heterocycles. The fraction of sp³-hybridized carbons (Fsp3) is 1.00. The van der Waals surface area contributed by atoms with Gasteiger partial charge in [-0.05, 0) is 55.6 Å². The molecule has 0 fully saturated rings. The van der Waals surface area contributed by atoms with Crippen LogP contribution in [0.15, 0.2) is 0 Å². The first-order valence-corrected chi connectivity index (χ1v) is 8.20. The summed E-state index contributed by atoms with van der Waals surface area (Å²) in [6.45, 7) is 16.0. The largest absolute Gasteiger partial charge is 0.327 e. The quantitative estimate of drug-likeness (QED) is 0.450. The van der Waals surface area contributed by atoms with E-state index in [0.29, 0.717) is 18.1 Å². The molecule has 0 heterocycles. The maximum Gasteiger partial charge on any atom is 0.0297 e. The van der Waals surface area contributed by atoms with Gasteiger partial charge in [-0.15, -0.1) is 0 Å². The average Bonchev–Trinajstić information content (AvgIpc) is 2.39. The molecule has 4 unspecified atom stereocenters. The zero-order valence-corrected chi connectivity index (χ0v) is 15.5. The first-order chi connectivity index (χ1) is 9.57. The highest BCUT2D eigenvalue weighted by atomic mass is 15.2. The van der Waals surface area contributed by atoms with Crippen molar-refractivity contribution in [1.82, 2.24) is 20.9 Å². The number of nitrogens with one attached hydrogen (secondary N) is 3. The first kappa shape index (κ1) is 20.8. The highest BCUT2D eigenvalue weighted by Crippen LogP contribution is 2.14. The van der Waals surface area contributed by atoms with Crippen LogP contribution in [0, 0.1) is 0 Å². The van der Waals surface area contributed by atoms with Crippen LogP contribution in [0.5, 0.6) is 0 Å². The number of nitrogens with zero attached hydrogens (tertiary/aromatic N) is 1. The van der Waals surface area contributed by atoms with Gasteiger partial charge in [0.05, 0.1) is 0 Å². The maximum atomic E-state index is 5.75. The van der Waals surface area contributed by atoms with Crippen molar-refractivity contribution >= 4 is 0 Å². The van der Waals surface area contributed by atoms with Crippen LogP contribution in [0.25, 0.3) is 0 Å². The van der Waals surface area contributed by atoms with Crippen molar-refractivity contribution in [3.63, 3.8) is 0 Å². The normalized spacial score (nSPS) is 18.6. The Labute approximate surface area is 132 Å². The lowest BCUT2D eigenvalue weighted by Crippen LogP contribution is -2.56. The topological polar surface area (TPSA) is 65.3 Å². The van der Waals surface area contributed by atoms with Crippen LogP contribution < -0.4 is 21.7 Å². The van der Waals surface area contributed by atoms with Gasteiger partial charge in [0.25, 0.3) is 0 Å². The number of hydrogen-bond acceptors (Lipinski definition) is 5. The van der Waals surface area contributed by atoms with Gasteiger partial charge >= 0.3 is 0 Å². The molecule has 128 valence electrons. The fourth-order valence-electron chi connectivity index (χ4n) is 1.90. The molecule has 0 aliphatic heterocycles. The summed E-state index contributed by atoms with van der Waals surface area (Å²) < 4.78 is 0. The van der Waals surface area contributed by atoms with Gasteiger partial charge in [0.15, 0.2) is 0 Å². The third-order valence-corrected chi connectivity index (χ3v) is 4.50. The van der Waals surface area contributed by atoms with Crippen molar-refractivity contribution in [3.8, 4) is 0 Å².